The van der Waals surface area contributed by atoms with Crippen molar-refractivity contribution >= 4 is 19.7 Å². The summed E-state index contributed by atoms with van der Waals surface area (Å²) in [6, 6.07) is -0.862. The van der Waals surface area contributed by atoms with Gasteiger partial charge in [0, 0.05) is 12.8 Å². The number of nitrogens with zero attached hydrogens (tertiary/aromatic N) is 1. The molecule has 0 saturated carbocycles. The van der Waals surface area contributed by atoms with Crippen LogP contribution in [0.1, 0.15) is 335 Å². The first-order valence-electron chi connectivity index (χ1n) is 36.4. The van der Waals surface area contributed by atoms with Crippen LogP contribution in [0.25, 0.3) is 0 Å². The smallest absolute Gasteiger partial charge is 0.456 e. The maximum atomic E-state index is 13.6. The van der Waals surface area contributed by atoms with E-state index >= 15 is 0 Å². The van der Waals surface area contributed by atoms with Crippen molar-refractivity contribution in [3.63, 3.8) is 0 Å². The van der Waals surface area contributed by atoms with Gasteiger partial charge < -0.3 is 19.4 Å². The van der Waals surface area contributed by atoms with Gasteiger partial charge in [-0.25, -0.2) is 4.57 Å². The van der Waals surface area contributed by atoms with Crippen molar-refractivity contribution in [1.29, 1.82) is 0 Å². The van der Waals surface area contributed by atoms with Crippen LogP contribution in [0.5, 0.6) is 0 Å². The molecule has 1 amide bonds. The number of phosphoric ester groups is 1. The lowest BCUT2D eigenvalue weighted by Crippen LogP contribution is -2.47. The van der Waals surface area contributed by atoms with Gasteiger partial charge in [-0.05, 0) is 109 Å². The van der Waals surface area contributed by atoms with Crippen LogP contribution in [0.3, 0.4) is 0 Å². The van der Waals surface area contributed by atoms with Gasteiger partial charge in [-0.2, -0.15) is 0 Å². The molecule has 0 aromatic carbocycles. The van der Waals surface area contributed by atoms with E-state index < -0.39 is 20.0 Å². The topological polar surface area (TPSA) is 111 Å². The fraction of sp³-hybridized carbons (Fsp3) is 0.789. The highest BCUT2D eigenvalue weighted by molar-refractivity contribution is 7.47. The summed E-state index contributed by atoms with van der Waals surface area (Å²) in [5, 5.41) is 3.06. The van der Waals surface area contributed by atoms with Gasteiger partial charge in [-0.1, -0.05) is 299 Å². The van der Waals surface area contributed by atoms with Gasteiger partial charge in [0.05, 0.1) is 33.8 Å². The zero-order chi connectivity index (χ0) is 62.8. The van der Waals surface area contributed by atoms with E-state index in [0.717, 1.165) is 103 Å². The average molecular weight is 1220 g/mol. The molecular formula is C76H140N2O7P+. The van der Waals surface area contributed by atoms with Crippen molar-refractivity contribution in [3.8, 4) is 0 Å². The van der Waals surface area contributed by atoms with Crippen molar-refractivity contribution in [2.75, 3.05) is 40.9 Å². The standard InChI is InChI=1S/C76H139N2O7P/c1-7-10-13-16-19-22-25-28-30-32-34-36-37-38-39-40-41-43-45-47-49-51-54-57-60-63-66-69-76(80)85-74(67-64-61-58-55-52-27-24-21-18-15-12-9-3)73(72-84-86(81,82)83-71-70-78(4,5)6)77-75(79)68-65-62-59-56-53-50-48-46-44-42-35-33-31-29-26-23-20-17-14-11-8-2/h19-20,22-23,28-31,35,42,46,48,64,67,73-74H,7-18,21,24-27,32-34,36-41,43-45,47,49-63,65-66,68-72H2,1-6H3,(H-,77,79,81,82)/p+1/b22-19-,23-20-,30-28-,31-29-,42-35-,48-46-,67-64-. The van der Waals surface area contributed by atoms with E-state index in [1.54, 1.807) is 0 Å². The van der Waals surface area contributed by atoms with Gasteiger partial charge in [-0.15, -0.1) is 0 Å². The first kappa shape index (κ1) is 83.2. The summed E-state index contributed by atoms with van der Waals surface area (Å²) < 4.78 is 30.8. The number of hydrogen-bond acceptors (Lipinski definition) is 6. The molecule has 0 aromatic heterocycles. The second kappa shape index (κ2) is 65.2. The molecule has 86 heavy (non-hydrogen) atoms. The summed E-state index contributed by atoms with van der Waals surface area (Å²) in [6.07, 6.45) is 87.4. The maximum Gasteiger partial charge on any atom is 0.472 e. The fourth-order valence-corrected chi connectivity index (χ4v) is 11.2. The Balaban J connectivity index is 5.04. The summed E-state index contributed by atoms with van der Waals surface area (Å²) in [5.74, 6) is -0.517. The zero-order valence-electron chi connectivity index (χ0n) is 57.3. The Bertz CT molecular complexity index is 1750. The maximum absolute atomic E-state index is 13.6. The van der Waals surface area contributed by atoms with Gasteiger partial charge in [0.15, 0.2) is 0 Å². The molecule has 500 valence electrons. The lowest BCUT2D eigenvalue weighted by atomic mass is 10.0. The number of phosphoric acid groups is 1. The van der Waals surface area contributed by atoms with E-state index in [4.69, 9.17) is 13.8 Å². The van der Waals surface area contributed by atoms with Gasteiger partial charge in [0.2, 0.25) is 5.91 Å². The Morgan fingerprint density at radius 2 is 0.709 bits per heavy atom. The fourth-order valence-electron chi connectivity index (χ4n) is 10.4. The largest absolute Gasteiger partial charge is 0.472 e. The Morgan fingerprint density at radius 3 is 1.08 bits per heavy atom. The quantitative estimate of drug-likeness (QED) is 0.0205. The predicted molar refractivity (Wildman–Crippen MR) is 374 cm³/mol. The van der Waals surface area contributed by atoms with Crippen molar-refractivity contribution in [1.82, 2.24) is 5.32 Å². The van der Waals surface area contributed by atoms with Crippen molar-refractivity contribution < 1.29 is 37.3 Å². The van der Waals surface area contributed by atoms with E-state index in [9.17, 15) is 19.0 Å². The van der Waals surface area contributed by atoms with E-state index in [1.165, 1.54) is 199 Å². The molecule has 0 rings (SSSR count). The number of esters is 1. The number of nitrogens with one attached hydrogen (secondary N) is 1. The number of likely N-dealkylation sites (N-methyl/N-ethyl adjacent to an activating group) is 1. The van der Waals surface area contributed by atoms with Crippen molar-refractivity contribution in [3.05, 3.63) is 85.1 Å². The van der Waals surface area contributed by atoms with Crippen molar-refractivity contribution in [2.24, 2.45) is 0 Å². The number of hydrogen-bond donors (Lipinski definition) is 2. The third kappa shape index (κ3) is 65.6. The highest BCUT2D eigenvalue weighted by Gasteiger charge is 2.30. The summed E-state index contributed by atoms with van der Waals surface area (Å²) in [7, 11) is 1.48. The first-order valence-corrected chi connectivity index (χ1v) is 37.9. The second-order valence-electron chi connectivity index (χ2n) is 25.8. The Kier molecular flexibility index (Phi) is 63.0. The molecule has 0 saturated heterocycles. The molecule has 0 heterocycles. The summed E-state index contributed by atoms with van der Waals surface area (Å²) in [4.78, 5) is 37.9. The average Bonchev–Trinajstić information content (AvgIpc) is 3.66. The molecule has 0 radical (unpaired) electrons. The van der Waals surface area contributed by atoms with Crippen LogP contribution in [0.4, 0.5) is 0 Å². The van der Waals surface area contributed by atoms with Gasteiger partial charge in [0.1, 0.15) is 19.3 Å². The summed E-state index contributed by atoms with van der Waals surface area (Å²) >= 11 is 0. The molecule has 2 N–H and O–H groups in total. The number of amides is 1. The highest BCUT2D eigenvalue weighted by Crippen LogP contribution is 2.43. The Hall–Kier alpha value is -2.81. The van der Waals surface area contributed by atoms with Gasteiger partial charge in [-0.3, -0.25) is 18.6 Å². The number of ether oxygens (including phenoxy) is 1. The van der Waals surface area contributed by atoms with E-state index in [-0.39, 0.29) is 31.5 Å². The molecule has 10 heteroatoms. The number of rotatable bonds is 66. The SMILES string of the molecule is CCCCC/C=C\C/C=C\C/C=C\C/C=C\CCCCCCCC(=O)NC(COP(=O)(O)OCC[N+](C)(C)C)C(/C=C\CCCCCCCCCCCC)OC(=O)CCCCCCCCCCCCCCCCCCC/C=C\C/C=C\CCCCC. The molecule has 0 aromatic rings. The lowest BCUT2D eigenvalue weighted by molar-refractivity contribution is -0.870. The van der Waals surface area contributed by atoms with Crippen molar-refractivity contribution in [2.45, 2.75) is 348 Å². The number of quaternary nitrogens is 1. The molecule has 0 aliphatic rings. The molecular weight excluding hydrogens is 1080 g/mol. The third-order valence-corrected chi connectivity index (χ3v) is 17.0. The van der Waals surface area contributed by atoms with Crippen LogP contribution in [0, 0.1) is 0 Å². The van der Waals surface area contributed by atoms with Gasteiger partial charge in [0.25, 0.3) is 0 Å². The summed E-state index contributed by atoms with van der Waals surface area (Å²) in [5.41, 5.74) is 0. The van der Waals surface area contributed by atoms with Gasteiger partial charge >= 0.3 is 13.8 Å². The molecule has 0 fully saturated rings. The number of carbonyl (C=O) groups is 2. The number of carbonyl (C=O) groups excluding carboxylic acids is 2. The molecule has 0 aliphatic heterocycles. The van der Waals surface area contributed by atoms with E-state index in [0.29, 0.717) is 17.4 Å². The summed E-state index contributed by atoms with van der Waals surface area (Å²) in [6.45, 7) is 6.97. The predicted octanol–water partition coefficient (Wildman–Crippen LogP) is 23.3. The lowest BCUT2D eigenvalue weighted by Gasteiger charge is -2.27. The third-order valence-electron chi connectivity index (χ3n) is 16.1. The van der Waals surface area contributed by atoms with Crippen LogP contribution in [-0.2, 0) is 27.9 Å². The molecule has 0 bridgehead atoms. The second-order valence-corrected chi connectivity index (χ2v) is 27.2. The van der Waals surface area contributed by atoms with Crippen LogP contribution in [0.15, 0.2) is 85.1 Å². The van der Waals surface area contributed by atoms with E-state index in [1.807, 2.05) is 33.3 Å². The molecule has 0 aliphatic carbocycles. The molecule has 0 spiro atoms. The minimum absolute atomic E-state index is 0.0343. The minimum Gasteiger partial charge on any atom is -0.456 e. The Morgan fingerprint density at radius 1 is 0.407 bits per heavy atom. The highest BCUT2D eigenvalue weighted by atomic mass is 31.2. The van der Waals surface area contributed by atoms with Crippen LogP contribution >= 0.6 is 7.82 Å². The first-order chi connectivity index (χ1) is 41.9. The molecule has 3 unspecified atom stereocenters. The zero-order valence-corrected chi connectivity index (χ0v) is 58.2. The minimum atomic E-state index is -4.46. The molecule has 9 nitrogen and oxygen atoms in total. The van der Waals surface area contributed by atoms with Crippen LogP contribution in [0.2, 0.25) is 0 Å². The number of unbranched alkanes of at least 4 members (excludes halogenated alkanes) is 38. The Labute approximate surface area is 533 Å². The molecule has 3 atom stereocenters. The van der Waals surface area contributed by atoms with Crippen LogP contribution < -0.4 is 5.32 Å². The number of allylic oxidation sites excluding steroid dienone is 13. The monoisotopic (exact) mass is 1220 g/mol. The normalized spacial score (nSPS) is 14.0. The van der Waals surface area contributed by atoms with Crippen LogP contribution in [-0.4, -0.2) is 74.3 Å². The van der Waals surface area contributed by atoms with E-state index in [2.05, 4.69) is 99.0 Å².